The first-order valence-corrected chi connectivity index (χ1v) is 9.12. The van der Waals surface area contributed by atoms with Crippen LogP contribution in [0.15, 0.2) is 24.3 Å². The molecule has 0 spiro atoms. The maximum absolute atomic E-state index is 12.3. The molecule has 138 valence electrons. The van der Waals surface area contributed by atoms with Crippen LogP contribution >= 0.6 is 12.4 Å². The van der Waals surface area contributed by atoms with E-state index in [1.54, 1.807) is 0 Å². The lowest BCUT2D eigenvalue weighted by atomic mass is 9.93. The van der Waals surface area contributed by atoms with Crippen molar-refractivity contribution in [1.82, 2.24) is 10.2 Å². The summed E-state index contributed by atoms with van der Waals surface area (Å²) in [6.45, 7) is 3.85. The van der Waals surface area contributed by atoms with E-state index in [4.69, 9.17) is 0 Å². The molecule has 2 aliphatic heterocycles. The molecular weight excluding hydrogens is 338 g/mol. The number of piperidine rings is 1. The number of hydrogen-bond donors (Lipinski definition) is 2. The van der Waals surface area contributed by atoms with E-state index in [1.165, 1.54) is 12.8 Å². The number of halogens is 1. The van der Waals surface area contributed by atoms with Gasteiger partial charge in [-0.15, -0.1) is 12.4 Å². The average Bonchev–Trinajstić information content (AvgIpc) is 3.16. The van der Waals surface area contributed by atoms with Crippen molar-refractivity contribution in [2.75, 3.05) is 31.5 Å². The minimum atomic E-state index is 0. The van der Waals surface area contributed by atoms with Gasteiger partial charge in [0.05, 0.1) is 0 Å². The highest BCUT2D eigenvalue weighted by atomic mass is 35.5. The Hall–Kier alpha value is -1.59. The van der Waals surface area contributed by atoms with Crippen molar-refractivity contribution in [3.05, 3.63) is 29.8 Å². The van der Waals surface area contributed by atoms with E-state index >= 15 is 0 Å². The summed E-state index contributed by atoms with van der Waals surface area (Å²) in [7, 11) is 0. The number of nitrogens with one attached hydrogen (secondary N) is 2. The van der Waals surface area contributed by atoms with Crippen molar-refractivity contribution in [1.29, 1.82) is 0 Å². The van der Waals surface area contributed by atoms with E-state index in [9.17, 15) is 9.59 Å². The van der Waals surface area contributed by atoms with Crippen LogP contribution in [0.1, 0.15) is 48.9 Å². The van der Waals surface area contributed by atoms with Gasteiger partial charge >= 0.3 is 0 Å². The van der Waals surface area contributed by atoms with Crippen molar-refractivity contribution in [3.63, 3.8) is 0 Å². The lowest BCUT2D eigenvalue weighted by molar-refractivity contribution is -0.116. The quantitative estimate of drug-likeness (QED) is 0.843. The number of amides is 2. The average molecular weight is 366 g/mol. The molecule has 1 aromatic carbocycles. The molecule has 2 N–H and O–H groups in total. The van der Waals surface area contributed by atoms with Crippen molar-refractivity contribution in [3.8, 4) is 0 Å². The fourth-order valence-corrected chi connectivity index (χ4v) is 3.53. The van der Waals surface area contributed by atoms with Gasteiger partial charge in [-0.1, -0.05) is 0 Å². The standard InChI is InChI=1S/C19H27N3O2.ClH/c23-18(8-3-15-9-11-20-12-10-15)21-17-6-4-16(5-7-17)19(24)22-13-1-2-14-22;/h4-7,15,20H,1-3,8-14H2,(H,21,23);1H. The van der Waals surface area contributed by atoms with Gasteiger partial charge in [-0.3, -0.25) is 9.59 Å². The molecule has 2 fully saturated rings. The monoisotopic (exact) mass is 365 g/mol. The first kappa shape index (κ1) is 19.7. The number of benzene rings is 1. The van der Waals surface area contributed by atoms with Crippen LogP contribution in [0.5, 0.6) is 0 Å². The van der Waals surface area contributed by atoms with E-state index in [-0.39, 0.29) is 24.2 Å². The predicted octanol–water partition coefficient (Wildman–Crippen LogP) is 3.06. The van der Waals surface area contributed by atoms with E-state index in [1.807, 2.05) is 29.2 Å². The summed E-state index contributed by atoms with van der Waals surface area (Å²) in [6.07, 6.45) is 6.05. The molecule has 0 bridgehead atoms. The number of anilines is 1. The minimum Gasteiger partial charge on any atom is -0.339 e. The summed E-state index contributed by atoms with van der Waals surface area (Å²) in [5.74, 6) is 0.820. The Morgan fingerprint density at radius 3 is 2.36 bits per heavy atom. The Labute approximate surface area is 155 Å². The van der Waals surface area contributed by atoms with E-state index in [2.05, 4.69) is 10.6 Å². The molecule has 0 saturated carbocycles. The maximum atomic E-state index is 12.3. The third-order valence-electron chi connectivity index (χ3n) is 5.05. The fraction of sp³-hybridized carbons (Fsp3) is 0.579. The summed E-state index contributed by atoms with van der Waals surface area (Å²) < 4.78 is 0. The van der Waals surface area contributed by atoms with Gasteiger partial charge in [0, 0.05) is 30.8 Å². The normalized spacial score (nSPS) is 17.8. The van der Waals surface area contributed by atoms with Crippen LogP contribution in [0.25, 0.3) is 0 Å². The second kappa shape index (κ2) is 9.78. The van der Waals surface area contributed by atoms with E-state index in [0.29, 0.717) is 17.9 Å². The molecule has 0 aromatic heterocycles. The van der Waals surface area contributed by atoms with Crippen LogP contribution in [-0.2, 0) is 4.79 Å². The minimum absolute atomic E-state index is 0. The molecule has 6 heteroatoms. The zero-order valence-electron chi connectivity index (χ0n) is 14.6. The third-order valence-corrected chi connectivity index (χ3v) is 5.05. The summed E-state index contributed by atoms with van der Waals surface area (Å²) >= 11 is 0. The van der Waals surface area contributed by atoms with Gasteiger partial charge in [0.2, 0.25) is 5.91 Å². The molecule has 2 heterocycles. The Morgan fingerprint density at radius 1 is 1.08 bits per heavy atom. The number of rotatable bonds is 5. The van der Waals surface area contributed by atoms with E-state index < -0.39 is 0 Å². The number of likely N-dealkylation sites (tertiary alicyclic amines) is 1. The Bertz CT molecular complexity index is 565. The second-order valence-corrected chi connectivity index (χ2v) is 6.86. The highest BCUT2D eigenvalue weighted by molar-refractivity contribution is 5.96. The van der Waals surface area contributed by atoms with Crippen LogP contribution in [0.2, 0.25) is 0 Å². The van der Waals surface area contributed by atoms with Crippen LogP contribution in [0.4, 0.5) is 5.69 Å². The van der Waals surface area contributed by atoms with Gasteiger partial charge in [-0.25, -0.2) is 0 Å². The van der Waals surface area contributed by atoms with Gasteiger partial charge in [-0.2, -0.15) is 0 Å². The highest BCUT2D eigenvalue weighted by Gasteiger charge is 2.19. The van der Waals surface area contributed by atoms with Gasteiger partial charge in [-0.05, 0) is 75.4 Å². The van der Waals surface area contributed by atoms with Gasteiger partial charge in [0.1, 0.15) is 0 Å². The van der Waals surface area contributed by atoms with Crippen molar-refractivity contribution >= 4 is 29.9 Å². The summed E-state index contributed by atoms with van der Waals surface area (Å²) in [4.78, 5) is 26.3. The van der Waals surface area contributed by atoms with Crippen molar-refractivity contribution in [2.24, 2.45) is 5.92 Å². The molecule has 0 aliphatic carbocycles. The summed E-state index contributed by atoms with van der Waals surface area (Å²) in [5.41, 5.74) is 1.47. The molecule has 2 amide bonds. The molecule has 0 atom stereocenters. The van der Waals surface area contributed by atoms with E-state index in [0.717, 1.165) is 51.1 Å². The Kier molecular flexibility index (Phi) is 7.72. The van der Waals surface area contributed by atoms with Crippen LogP contribution in [0.3, 0.4) is 0 Å². The van der Waals surface area contributed by atoms with Gasteiger partial charge in [0.25, 0.3) is 5.91 Å². The number of hydrogen-bond acceptors (Lipinski definition) is 3. The maximum Gasteiger partial charge on any atom is 0.253 e. The van der Waals surface area contributed by atoms with Crippen LogP contribution in [0, 0.1) is 5.92 Å². The SMILES string of the molecule is Cl.O=C(CCC1CCNCC1)Nc1ccc(C(=O)N2CCCC2)cc1. The highest BCUT2D eigenvalue weighted by Crippen LogP contribution is 2.19. The molecule has 5 nitrogen and oxygen atoms in total. The molecule has 3 rings (SSSR count). The first-order valence-electron chi connectivity index (χ1n) is 9.12. The number of carbonyl (C=O) groups excluding carboxylic acids is 2. The molecule has 2 aliphatic rings. The summed E-state index contributed by atoms with van der Waals surface area (Å²) in [5, 5.41) is 6.28. The van der Waals surface area contributed by atoms with Gasteiger partial charge in [0.15, 0.2) is 0 Å². The lowest BCUT2D eigenvalue weighted by Crippen LogP contribution is -2.28. The zero-order chi connectivity index (χ0) is 16.8. The zero-order valence-corrected chi connectivity index (χ0v) is 15.4. The molecule has 2 saturated heterocycles. The van der Waals surface area contributed by atoms with Crippen LogP contribution < -0.4 is 10.6 Å². The third kappa shape index (κ3) is 5.72. The Morgan fingerprint density at radius 2 is 1.72 bits per heavy atom. The molecule has 1 aromatic rings. The molecular formula is C19H28ClN3O2. The van der Waals surface area contributed by atoms with Crippen LogP contribution in [-0.4, -0.2) is 42.9 Å². The number of carbonyl (C=O) groups is 2. The molecule has 0 unspecified atom stereocenters. The van der Waals surface area contributed by atoms with Crippen molar-refractivity contribution in [2.45, 2.75) is 38.5 Å². The lowest BCUT2D eigenvalue weighted by Gasteiger charge is -2.22. The molecule has 25 heavy (non-hydrogen) atoms. The Balaban J connectivity index is 0.00000225. The molecule has 0 radical (unpaired) electrons. The van der Waals surface area contributed by atoms with Gasteiger partial charge < -0.3 is 15.5 Å². The topological polar surface area (TPSA) is 61.4 Å². The van der Waals surface area contributed by atoms with Crippen molar-refractivity contribution < 1.29 is 9.59 Å². The number of nitrogens with zero attached hydrogens (tertiary/aromatic N) is 1. The first-order chi connectivity index (χ1) is 11.7. The fourth-order valence-electron chi connectivity index (χ4n) is 3.53. The summed E-state index contributed by atoms with van der Waals surface area (Å²) in [6, 6.07) is 7.27. The predicted molar refractivity (Wildman–Crippen MR) is 102 cm³/mol. The smallest absolute Gasteiger partial charge is 0.253 e. The second-order valence-electron chi connectivity index (χ2n) is 6.86. The largest absolute Gasteiger partial charge is 0.339 e.